The summed E-state index contributed by atoms with van der Waals surface area (Å²) in [7, 11) is 0. The van der Waals surface area contributed by atoms with E-state index >= 15 is 0 Å². The van der Waals surface area contributed by atoms with Crippen LogP contribution in [0.2, 0.25) is 0 Å². The Morgan fingerprint density at radius 1 is 0.545 bits per heavy atom. The largest absolute Gasteiger partial charge is 3.00 e. The van der Waals surface area contributed by atoms with Gasteiger partial charge in [-0.1, -0.05) is 0 Å². The van der Waals surface area contributed by atoms with Gasteiger partial charge in [0.2, 0.25) is 0 Å². The van der Waals surface area contributed by atoms with Gasteiger partial charge in [-0.25, -0.2) is 0 Å². The van der Waals surface area contributed by atoms with Crippen LogP contribution in [-0.4, -0.2) is 35.3 Å². The zero-order chi connectivity index (χ0) is 17.6. The van der Waals surface area contributed by atoms with Crippen LogP contribution in [0.4, 0.5) is 0 Å². The zero-order valence-electron chi connectivity index (χ0n) is 12.4. The molecule has 0 aromatic heterocycles. The number of aliphatic carboxylic acids is 3. The zero-order valence-corrected chi connectivity index (χ0v) is 14.2. The van der Waals surface area contributed by atoms with Gasteiger partial charge in [-0.2, -0.15) is 0 Å². The molecule has 0 atom stereocenters. The third-order valence-electron chi connectivity index (χ3n) is 1.18. The van der Waals surface area contributed by atoms with Crippen LogP contribution in [0, 0.1) is 0 Å². The Balaban J connectivity index is -0.000000108. The fourth-order valence-electron chi connectivity index (χ4n) is 0.610. The van der Waals surface area contributed by atoms with Crippen molar-refractivity contribution in [1.82, 2.24) is 0 Å². The number of carboxylic acids is 3. The molecule has 0 N–H and O–H groups in total. The van der Waals surface area contributed by atoms with Crippen molar-refractivity contribution in [1.29, 1.82) is 0 Å². The van der Waals surface area contributed by atoms with Gasteiger partial charge in [0, 0.05) is 37.2 Å². The van der Waals surface area contributed by atoms with Crippen molar-refractivity contribution >= 4 is 35.3 Å². The molecule has 0 unspecified atom stereocenters. The molecule has 0 aromatic carbocycles. The Morgan fingerprint density at radius 2 is 0.682 bits per heavy atom. The van der Waals surface area contributed by atoms with Gasteiger partial charge < -0.3 is 29.7 Å². The van der Waals surface area contributed by atoms with E-state index in [1.807, 2.05) is 0 Å². The third kappa shape index (κ3) is 51.6. The van der Waals surface area contributed by atoms with E-state index < -0.39 is 37.2 Å². The molecular weight excluding hydrogens is 333 g/mol. The molecule has 0 heterocycles. The minimum Gasteiger partial charge on any atom is -0.550 e. The third-order valence-corrected chi connectivity index (χ3v) is 1.18. The average molecular weight is 348 g/mol. The van der Waals surface area contributed by atoms with Crippen molar-refractivity contribution in [2.24, 2.45) is 0 Å². The van der Waals surface area contributed by atoms with Gasteiger partial charge in [0.15, 0.2) is 0 Å². The smallest absolute Gasteiger partial charge is 0.550 e. The molecule has 22 heavy (non-hydrogen) atoms. The second kappa shape index (κ2) is 17.3. The second-order valence-electron chi connectivity index (χ2n) is 3.75. The number of carboxylic acid groups (broad SMARTS) is 3. The molecule has 0 saturated carbocycles. The van der Waals surface area contributed by atoms with Gasteiger partial charge in [-0.05, 0) is 20.8 Å². The first kappa shape index (κ1) is 28.5. The minimum absolute atomic E-state index is 0. The summed E-state index contributed by atoms with van der Waals surface area (Å²) in [6.07, 6.45) is -1.42. The Bertz CT molecular complexity index is 317. The fourth-order valence-corrected chi connectivity index (χ4v) is 0.610. The van der Waals surface area contributed by atoms with Gasteiger partial charge in [-0.3, -0.25) is 14.4 Å². The molecule has 0 aliphatic carbocycles. The van der Waals surface area contributed by atoms with Crippen LogP contribution in [0.15, 0.2) is 0 Å². The molecule has 0 rings (SSSR count). The van der Waals surface area contributed by atoms with E-state index in [-0.39, 0.29) is 43.2 Å². The van der Waals surface area contributed by atoms with Crippen molar-refractivity contribution in [3.8, 4) is 0 Å². The van der Waals surface area contributed by atoms with Crippen LogP contribution >= 0.6 is 0 Å². The van der Waals surface area contributed by atoms with Crippen molar-refractivity contribution in [2.45, 2.75) is 40.0 Å². The van der Waals surface area contributed by atoms with Gasteiger partial charge in [0.25, 0.3) is 0 Å². The number of hydrogen-bond acceptors (Lipinski definition) is 9. The Labute approximate surface area is 145 Å². The number of hydrogen-bond donors (Lipinski definition) is 0. The molecule has 0 radical (unpaired) electrons. The number of rotatable bonds is 6. The number of carbonyl (C=O) groups is 6. The molecule has 9 nitrogen and oxygen atoms in total. The molecule has 0 saturated heterocycles. The van der Waals surface area contributed by atoms with Crippen LogP contribution in [-0.2, 0) is 54.6 Å². The Kier molecular flexibility index (Phi) is 22.4. The summed E-state index contributed by atoms with van der Waals surface area (Å²) in [4.78, 5) is 57.9. The molecular formula is C12H15O9Sc. The Hall–Kier alpha value is -1.71. The standard InChI is InChI=1S/3C4H6O3.Sc/c3*1-3(5)2-4(6)7;/h3*2H2,1H3,(H,6,7);/q;;;+3/p-3. The molecule has 0 bridgehead atoms. The summed E-state index contributed by atoms with van der Waals surface area (Å²) in [6.45, 7) is 3.61. The van der Waals surface area contributed by atoms with Gasteiger partial charge in [-0.15, -0.1) is 0 Å². The first-order valence-electron chi connectivity index (χ1n) is 5.46. The fraction of sp³-hybridized carbons (Fsp3) is 0.500. The normalized spacial score (nSPS) is 7.77. The van der Waals surface area contributed by atoms with E-state index in [9.17, 15) is 44.1 Å². The summed E-state index contributed by atoms with van der Waals surface area (Å²) in [5.41, 5.74) is 0. The summed E-state index contributed by atoms with van der Waals surface area (Å²) < 4.78 is 0. The van der Waals surface area contributed by atoms with Crippen molar-refractivity contribution in [3.05, 3.63) is 0 Å². The predicted octanol–water partition coefficient (Wildman–Crippen LogP) is -3.86. The van der Waals surface area contributed by atoms with Crippen LogP contribution in [0.1, 0.15) is 40.0 Å². The van der Waals surface area contributed by atoms with Gasteiger partial charge in [0.05, 0.1) is 0 Å². The van der Waals surface area contributed by atoms with Crippen LogP contribution in [0.5, 0.6) is 0 Å². The molecule has 0 aliphatic rings. The maximum atomic E-state index is 9.83. The molecule has 0 aromatic rings. The Morgan fingerprint density at radius 3 is 0.682 bits per heavy atom. The quantitative estimate of drug-likeness (QED) is 0.435. The van der Waals surface area contributed by atoms with Gasteiger partial charge in [0.1, 0.15) is 17.3 Å². The van der Waals surface area contributed by atoms with Crippen LogP contribution in [0.3, 0.4) is 0 Å². The molecule has 10 heteroatoms. The number of ketones is 3. The van der Waals surface area contributed by atoms with Gasteiger partial charge >= 0.3 is 25.8 Å². The molecule has 120 valence electrons. The molecule has 0 spiro atoms. The number of Topliss-reactive ketones (excluding diaryl/α,β-unsaturated/α-hetero) is 3. The molecule has 0 aliphatic heterocycles. The molecule has 0 amide bonds. The van der Waals surface area contributed by atoms with E-state index in [4.69, 9.17) is 0 Å². The summed E-state index contributed by atoms with van der Waals surface area (Å²) in [5, 5.41) is 28.4. The van der Waals surface area contributed by atoms with Crippen molar-refractivity contribution < 1.29 is 69.9 Å². The van der Waals surface area contributed by atoms with E-state index in [1.165, 1.54) is 20.8 Å². The SMILES string of the molecule is CC(=O)CC(=O)[O-].CC(=O)CC(=O)[O-].CC(=O)CC(=O)[O-].[Sc+3]. The van der Waals surface area contributed by atoms with E-state index in [0.29, 0.717) is 0 Å². The van der Waals surface area contributed by atoms with E-state index in [1.54, 1.807) is 0 Å². The number of carbonyl (C=O) groups excluding carboxylic acids is 6. The molecule has 0 fully saturated rings. The summed E-state index contributed by atoms with van der Waals surface area (Å²) in [5.74, 6) is -5.06. The van der Waals surface area contributed by atoms with Crippen LogP contribution < -0.4 is 15.3 Å². The van der Waals surface area contributed by atoms with Crippen molar-refractivity contribution in [3.63, 3.8) is 0 Å². The second-order valence-corrected chi connectivity index (χ2v) is 3.75. The maximum Gasteiger partial charge on any atom is 3.00 e. The minimum atomic E-state index is -1.31. The van der Waals surface area contributed by atoms with E-state index in [0.717, 1.165) is 0 Å². The summed E-state index contributed by atoms with van der Waals surface area (Å²) in [6, 6.07) is 0. The first-order chi connectivity index (χ1) is 9.38. The maximum absolute atomic E-state index is 9.83. The topological polar surface area (TPSA) is 172 Å². The van der Waals surface area contributed by atoms with E-state index in [2.05, 4.69) is 0 Å². The van der Waals surface area contributed by atoms with Crippen LogP contribution in [0.25, 0.3) is 0 Å². The van der Waals surface area contributed by atoms with Crippen molar-refractivity contribution in [2.75, 3.05) is 0 Å². The summed E-state index contributed by atoms with van der Waals surface area (Å²) >= 11 is 0. The monoisotopic (exact) mass is 348 g/mol. The first-order valence-corrected chi connectivity index (χ1v) is 5.46. The predicted molar refractivity (Wildman–Crippen MR) is 60.9 cm³/mol. The average Bonchev–Trinajstić information content (AvgIpc) is 2.10.